The van der Waals surface area contributed by atoms with E-state index in [1.165, 1.54) is 4.90 Å². The van der Waals surface area contributed by atoms with Crippen molar-refractivity contribution in [3.05, 3.63) is 95.6 Å². The van der Waals surface area contributed by atoms with E-state index in [2.05, 4.69) is 34.9 Å². The molecule has 404 valence electrons. The average molecular weight is 1020 g/mol. The number of hydrogen-bond acceptors (Lipinski definition) is 10. The average Bonchev–Trinajstić information content (AvgIpc) is 3.90. The standard InChI is InChI=1S/C59H83N5O10/c1-15-36(6)52(62(11)56(68)50(34(2)3)61-55(67)51(35(4)5)63(12)58(70)73-33-44-42-27-21-19-25-40(42)41-26-20-22-28-43(41)44)48(71-13)32-49(65)64-46-30-39(46)31-47(64)53(72-14)37(7)54(66)60-45(57(69)74-59(8,9)10)29-38-23-17-16-18-24-38/h16-28,34-37,39,44-48,50-53H,15,29-33H2,1-14H3,(H,60,66)(H,61,67)/t36-,37+,39-,45-,46-,47-,48?,50-,51-,52?,53+/m0/s1. The molecule has 74 heavy (non-hydrogen) atoms. The SMILES string of the molecule is CC[C@H](C)C(C(CC(=O)N1[C@H]2C[C@H]2C[C@H]1[C@H](OC)[C@@H](C)C(=O)N[C@@H](Cc1ccccc1)C(=O)OC(C)(C)C)OC)N(C)C(=O)[C@@H](NC(=O)[C@H](C(C)C)N(C)C(=O)OCC1c2ccccc2-c2ccccc21)C(C)C. The van der Waals surface area contributed by atoms with Crippen molar-refractivity contribution in [3.8, 4) is 11.1 Å². The lowest BCUT2D eigenvalue weighted by atomic mass is 9.89. The quantitative estimate of drug-likeness (QED) is 0.0887. The maximum Gasteiger partial charge on any atom is 0.410 e. The Kier molecular flexibility index (Phi) is 19.2. The molecule has 1 saturated carbocycles. The number of piperidine rings is 1. The molecular weight excluding hydrogens is 939 g/mol. The number of likely N-dealkylation sites (N-methyl/N-ethyl adjacent to an activating group) is 2. The van der Waals surface area contributed by atoms with E-state index < -0.39 is 77.8 Å². The number of ether oxygens (including phenoxy) is 4. The number of amides is 5. The van der Waals surface area contributed by atoms with Gasteiger partial charge in [0.05, 0.1) is 36.6 Å². The highest BCUT2D eigenvalue weighted by Gasteiger charge is 2.57. The van der Waals surface area contributed by atoms with E-state index in [1.54, 1.807) is 60.9 Å². The first kappa shape index (κ1) is 57.5. The van der Waals surface area contributed by atoms with Crippen LogP contribution in [0, 0.1) is 29.6 Å². The minimum atomic E-state index is -0.975. The predicted molar refractivity (Wildman–Crippen MR) is 285 cm³/mol. The Bertz CT molecular complexity index is 2390. The Morgan fingerprint density at radius 3 is 1.88 bits per heavy atom. The van der Waals surface area contributed by atoms with E-state index in [-0.39, 0.29) is 66.9 Å². The number of carbonyl (C=O) groups excluding carboxylic acids is 6. The summed E-state index contributed by atoms with van der Waals surface area (Å²) in [6.07, 6.45) is 0.285. The molecule has 0 bridgehead atoms. The Morgan fingerprint density at radius 2 is 1.34 bits per heavy atom. The molecule has 3 aromatic carbocycles. The van der Waals surface area contributed by atoms with Gasteiger partial charge in [0, 0.05) is 46.7 Å². The van der Waals surface area contributed by atoms with Crippen LogP contribution in [0.3, 0.4) is 0 Å². The molecule has 0 radical (unpaired) electrons. The summed E-state index contributed by atoms with van der Waals surface area (Å²) in [4.78, 5) is 90.2. The molecule has 2 fully saturated rings. The summed E-state index contributed by atoms with van der Waals surface area (Å²) in [5, 5.41) is 5.98. The second-order valence-corrected chi connectivity index (χ2v) is 22.6. The first-order valence-electron chi connectivity index (χ1n) is 26.6. The fraction of sp³-hybridized carbons (Fsp3) is 0.593. The van der Waals surface area contributed by atoms with Gasteiger partial charge in [-0.1, -0.05) is 134 Å². The molecule has 0 aromatic heterocycles. The van der Waals surface area contributed by atoms with Crippen LogP contribution >= 0.6 is 0 Å². The van der Waals surface area contributed by atoms with Crippen LogP contribution in [0.5, 0.6) is 0 Å². The van der Waals surface area contributed by atoms with Gasteiger partial charge in [-0.05, 0) is 85.1 Å². The van der Waals surface area contributed by atoms with Crippen LogP contribution in [-0.4, -0.2) is 139 Å². The number of methoxy groups -OCH3 is 2. The van der Waals surface area contributed by atoms with Crippen molar-refractivity contribution in [2.45, 2.75) is 161 Å². The number of benzene rings is 3. The third-order valence-electron chi connectivity index (χ3n) is 15.5. The van der Waals surface area contributed by atoms with Gasteiger partial charge in [0.25, 0.3) is 0 Å². The van der Waals surface area contributed by atoms with Crippen molar-refractivity contribution in [2.75, 3.05) is 34.9 Å². The molecule has 15 nitrogen and oxygen atoms in total. The summed E-state index contributed by atoms with van der Waals surface area (Å²) in [5.41, 5.74) is 4.47. The Hall–Kier alpha value is -5.80. The van der Waals surface area contributed by atoms with Crippen molar-refractivity contribution < 1.29 is 47.7 Å². The Morgan fingerprint density at radius 1 is 0.743 bits per heavy atom. The molecule has 6 rings (SSSR count). The summed E-state index contributed by atoms with van der Waals surface area (Å²) in [6, 6.07) is 21.7. The summed E-state index contributed by atoms with van der Waals surface area (Å²) in [5.74, 6) is -3.38. The van der Waals surface area contributed by atoms with Crippen LogP contribution < -0.4 is 10.6 Å². The molecule has 2 N–H and O–H groups in total. The van der Waals surface area contributed by atoms with E-state index >= 15 is 0 Å². The van der Waals surface area contributed by atoms with Gasteiger partial charge in [-0.2, -0.15) is 0 Å². The van der Waals surface area contributed by atoms with Crippen LogP contribution in [0.25, 0.3) is 11.1 Å². The lowest BCUT2D eigenvalue weighted by Gasteiger charge is -2.41. The first-order chi connectivity index (χ1) is 35.0. The number of esters is 1. The molecule has 3 aromatic rings. The topological polar surface area (TPSA) is 173 Å². The van der Waals surface area contributed by atoms with Gasteiger partial charge in [-0.25, -0.2) is 9.59 Å². The van der Waals surface area contributed by atoms with Crippen LogP contribution in [0.15, 0.2) is 78.9 Å². The van der Waals surface area contributed by atoms with Crippen molar-refractivity contribution in [1.82, 2.24) is 25.3 Å². The second-order valence-electron chi connectivity index (χ2n) is 22.6. The van der Waals surface area contributed by atoms with E-state index in [0.29, 0.717) is 12.8 Å². The molecule has 11 atom stereocenters. The largest absolute Gasteiger partial charge is 0.458 e. The second kappa shape index (κ2) is 24.7. The van der Waals surface area contributed by atoms with Gasteiger partial charge >= 0.3 is 12.1 Å². The van der Waals surface area contributed by atoms with Crippen molar-refractivity contribution in [1.29, 1.82) is 0 Å². The minimum absolute atomic E-state index is 0.0204. The van der Waals surface area contributed by atoms with Gasteiger partial charge in [-0.15, -0.1) is 0 Å². The molecule has 5 amide bonds. The number of nitrogens with zero attached hydrogens (tertiary/aromatic N) is 3. The van der Waals surface area contributed by atoms with Crippen LogP contribution in [0.4, 0.5) is 4.79 Å². The van der Waals surface area contributed by atoms with E-state index in [9.17, 15) is 28.8 Å². The van der Waals surface area contributed by atoms with E-state index in [4.69, 9.17) is 18.9 Å². The molecule has 1 heterocycles. The number of nitrogens with one attached hydrogen (secondary N) is 2. The number of carbonyl (C=O) groups is 6. The lowest BCUT2D eigenvalue weighted by Crippen LogP contribution is -2.60. The maximum atomic E-state index is 14.8. The maximum absolute atomic E-state index is 14.8. The fourth-order valence-corrected chi connectivity index (χ4v) is 11.4. The molecule has 2 unspecified atom stereocenters. The summed E-state index contributed by atoms with van der Waals surface area (Å²) < 4.78 is 23.9. The molecule has 15 heteroatoms. The molecule has 3 aliphatic rings. The molecular formula is C59H83N5O10. The first-order valence-corrected chi connectivity index (χ1v) is 26.6. The zero-order chi connectivity index (χ0) is 54.3. The number of likely N-dealkylation sites (tertiary alicyclic amines) is 1. The fourth-order valence-electron chi connectivity index (χ4n) is 11.4. The molecule has 2 aliphatic carbocycles. The Labute approximate surface area is 439 Å². The number of rotatable bonds is 23. The van der Waals surface area contributed by atoms with Gasteiger partial charge in [-0.3, -0.25) is 24.1 Å². The van der Waals surface area contributed by atoms with Crippen LogP contribution in [0.1, 0.15) is 118 Å². The smallest absolute Gasteiger partial charge is 0.410 e. The highest BCUT2D eigenvalue weighted by atomic mass is 16.6. The zero-order valence-corrected chi connectivity index (χ0v) is 46.3. The number of fused-ring (bicyclic) bond motifs is 4. The van der Waals surface area contributed by atoms with E-state index in [1.807, 2.05) is 101 Å². The lowest BCUT2D eigenvalue weighted by molar-refractivity contribution is -0.159. The summed E-state index contributed by atoms with van der Waals surface area (Å²) >= 11 is 0. The van der Waals surface area contributed by atoms with Gasteiger partial charge < -0.3 is 39.4 Å². The van der Waals surface area contributed by atoms with Gasteiger partial charge in [0.15, 0.2) is 0 Å². The van der Waals surface area contributed by atoms with Crippen molar-refractivity contribution >= 4 is 35.7 Å². The molecule has 0 spiro atoms. The van der Waals surface area contributed by atoms with Crippen molar-refractivity contribution in [3.63, 3.8) is 0 Å². The van der Waals surface area contributed by atoms with Crippen molar-refractivity contribution in [2.24, 2.45) is 29.6 Å². The minimum Gasteiger partial charge on any atom is -0.458 e. The summed E-state index contributed by atoms with van der Waals surface area (Å²) in [7, 11) is 6.33. The highest BCUT2D eigenvalue weighted by molar-refractivity contribution is 5.92. The highest BCUT2D eigenvalue weighted by Crippen LogP contribution is 2.50. The monoisotopic (exact) mass is 1020 g/mol. The predicted octanol–water partition coefficient (Wildman–Crippen LogP) is 8.02. The zero-order valence-electron chi connectivity index (χ0n) is 46.3. The summed E-state index contributed by atoms with van der Waals surface area (Å²) in [6.45, 7) is 18.7. The molecule has 1 saturated heterocycles. The third-order valence-corrected chi connectivity index (χ3v) is 15.5. The van der Waals surface area contributed by atoms with Crippen LogP contribution in [0.2, 0.25) is 0 Å². The van der Waals surface area contributed by atoms with Gasteiger partial charge in [0.1, 0.15) is 30.3 Å². The van der Waals surface area contributed by atoms with Gasteiger partial charge in [0.2, 0.25) is 23.6 Å². The Balaban J connectivity index is 1.13. The normalized spacial score (nSPS) is 20.2. The van der Waals surface area contributed by atoms with E-state index in [0.717, 1.165) is 34.2 Å². The number of hydrogen-bond donors (Lipinski definition) is 2. The molecule has 1 aliphatic heterocycles. The van der Waals surface area contributed by atoms with Crippen LogP contribution in [-0.2, 0) is 49.3 Å². The third kappa shape index (κ3) is 13.2.